The summed E-state index contributed by atoms with van der Waals surface area (Å²) in [7, 11) is -1.05. The zero-order valence-corrected chi connectivity index (χ0v) is 12.5. The van der Waals surface area contributed by atoms with Gasteiger partial charge in [-0.25, -0.2) is 0 Å². The lowest BCUT2D eigenvalue weighted by Gasteiger charge is -2.32. The summed E-state index contributed by atoms with van der Waals surface area (Å²) in [6.07, 6.45) is -1.91. The highest BCUT2D eigenvalue weighted by atomic mass is 32.2. The van der Waals surface area contributed by atoms with E-state index in [0.29, 0.717) is 11.8 Å². The Bertz CT molecular complexity index is 386. The summed E-state index contributed by atoms with van der Waals surface area (Å²) in [5.74, 6) is 0. The Balaban J connectivity index is 3.21. The van der Waals surface area contributed by atoms with E-state index < -0.39 is 29.4 Å². The molecule has 0 atom stereocenters. The van der Waals surface area contributed by atoms with Crippen molar-refractivity contribution in [3.63, 3.8) is 0 Å². The molecule has 0 aromatic rings. The van der Waals surface area contributed by atoms with Crippen molar-refractivity contribution in [3.05, 3.63) is 23.0 Å². The normalized spacial score (nSPS) is 23.3. The molecule has 0 spiro atoms. The molecule has 0 amide bonds. The second-order valence-electron chi connectivity index (χ2n) is 5.28. The summed E-state index contributed by atoms with van der Waals surface area (Å²) in [6, 6.07) is 0. The van der Waals surface area contributed by atoms with E-state index in [1.54, 1.807) is 27.7 Å². The van der Waals surface area contributed by atoms with Crippen LogP contribution >= 0.6 is 11.8 Å². The number of hydrogen-bond acceptors (Lipinski definition) is 3. The smallest absolute Gasteiger partial charge is 0.399 e. The molecule has 0 N–H and O–H groups in total. The van der Waals surface area contributed by atoms with Crippen molar-refractivity contribution in [1.29, 1.82) is 0 Å². The van der Waals surface area contributed by atoms with Gasteiger partial charge in [-0.15, -0.1) is 11.8 Å². The number of alkyl halides is 3. The highest BCUT2D eigenvalue weighted by Crippen LogP contribution is 2.43. The number of thioether (sulfide) groups is 1. The van der Waals surface area contributed by atoms with Crippen LogP contribution in [0.1, 0.15) is 27.7 Å². The van der Waals surface area contributed by atoms with Crippen LogP contribution in [0.2, 0.25) is 0 Å². The van der Waals surface area contributed by atoms with Gasteiger partial charge in [0.15, 0.2) is 0 Å². The lowest BCUT2D eigenvalue weighted by molar-refractivity contribution is -0.0840. The van der Waals surface area contributed by atoms with Gasteiger partial charge in [-0.1, -0.05) is 12.7 Å². The van der Waals surface area contributed by atoms with Gasteiger partial charge in [0.1, 0.15) is 0 Å². The fourth-order valence-electron chi connectivity index (χ4n) is 1.66. The van der Waals surface area contributed by atoms with Gasteiger partial charge in [-0.3, -0.25) is 0 Å². The second-order valence-corrected chi connectivity index (χ2v) is 6.10. The summed E-state index contributed by atoms with van der Waals surface area (Å²) in [5, 5.41) is 0. The van der Waals surface area contributed by atoms with Crippen LogP contribution in [0.4, 0.5) is 13.2 Å². The molecule has 0 saturated carbocycles. The largest absolute Gasteiger partial charge is 0.495 e. The van der Waals surface area contributed by atoms with Gasteiger partial charge in [0, 0.05) is 5.47 Å². The Hall–Kier alpha value is -0.395. The quantitative estimate of drug-likeness (QED) is 0.579. The molecule has 0 aliphatic carbocycles. The van der Waals surface area contributed by atoms with Gasteiger partial charge >= 0.3 is 13.3 Å². The van der Waals surface area contributed by atoms with Crippen molar-refractivity contribution in [2.75, 3.05) is 6.26 Å². The summed E-state index contributed by atoms with van der Waals surface area (Å²) in [4.78, 5) is -0.735. The molecule has 1 heterocycles. The summed E-state index contributed by atoms with van der Waals surface area (Å²) < 4.78 is 50.1. The van der Waals surface area contributed by atoms with Crippen molar-refractivity contribution in [2.45, 2.75) is 45.1 Å². The summed E-state index contributed by atoms with van der Waals surface area (Å²) in [5.41, 5.74) is -1.43. The first-order chi connectivity index (χ1) is 8.46. The highest BCUT2D eigenvalue weighted by molar-refractivity contribution is 8.02. The first-order valence-electron chi connectivity index (χ1n) is 5.79. The molecule has 1 rings (SSSR count). The van der Waals surface area contributed by atoms with Crippen molar-refractivity contribution in [3.8, 4) is 0 Å². The second kappa shape index (κ2) is 5.18. The van der Waals surface area contributed by atoms with Gasteiger partial charge in [-0.2, -0.15) is 13.2 Å². The Kier molecular flexibility index (Phi) is 4.54. The molecule has 0 radical (unpaired) electrons. The van der Waals surface area contributed by atoms with E-state index in [1.807, 2.05) is 0 Å². The van der Waals surface area contributed by atoms with Crippen LogP contribution in [-0.2, 0) is 9.31 Å². The van der Waals surface area contributed by atoms with Crippen molar-refractivity contribution in [1.82, 2.24) is 0 Å². The number of rotatable bonds is 3. The van der Waals surface area contributed by atoms with Crippen molar-refractivity contribution >= 4 is 18.9 Å². The van der Waals surface area contributed by atoms with Gasteiger partial charge in [0.2, 0.25) is 0 Å². The van der Waals surface area contributed by atoms with E-state index in [1.165, 1.54) is 6.26 Å². The van der Waals surface area contributed by atoms with Crippen molar-refractivity contribution in [2.24, 2.45) is 0 Å². The van der Waals surface area contributed by atoms with E-state index in [4.69, 9.17) is 9.31 Å². The predicted molar refractivity (Wildman–Crippen MR) is 72.9 cm³/mol. The van der Waals surface area contributed by atoms with E-state index >= 15 is 0 Å². The minimum absolute atomic E-state index is 0.0707. The molecule has 0 bridgehead atoms. The molecular weight excluding hydrogens is 276 g/mol. The molecule has 1 aliphatic rings. The number of halogens is 3. The molecule has 1 aliphatic heterocycles. The maximum Gasteiger partial charge on any atom is 0.495 e. The SMILES string of the molecule is C=C/C(B1OC(C)(C)C(C)(C)O1)=C(\SC)C(F)(F)F. The third-order valence-electron chi connectivity index (χ3n) is 3.45. The molecule has 0 unspecified atom stereocenters. The van der Waals surface area contributed by atoms with Gasteiger partial charge in [0.25, 0.3) is 0 Å². The van der Waals surface area contributed by atoms with Crippen LogP contribution in [-0.4, -0.2) is 30.8 Å². The third-order valence-corrected chi connectivity index (χ3v) is 4.33. The van der Waals surface area contributed by atoms with Crippen LogP contribution in [0.3, 0.4) is 0 Å². The van der Waals surface area contributed by atoms with E-state index in [-0.39, 0.29) is 5.47 Å². The fraction of sp³-hybridized carbons (Fsp3) is 0.667. The first kappa shape index (κ1) is 16.7. The maximum atomic E-state index is 13.0. The summed E-state index contributed by atoms with van der Waals surface area (Å²) in [6.45, 7) is 10.6. The molecule has 19 heavy (non-hydrogen) atoms. The van der Waals surface area contributed by atoms with E-state index in [9.17, 15) is 13.2 Å². The van der Waals surface area contributed by atoms with Crippen LogP contribution in [0.15, 0.2) is 23.0 Å². The van der Waals surface area contributed by atoms with Gasteiger partial charge in [0.05, 0.1) is 16.1 Å². The summed E-state index contributed by atoms with van der Waals surface area (Å²) >= 11 is 0.620. The lowest BCUT2D eigenvalue weighted by atomic mass is 9.77. The molecule has 1 saturated heterocycles. The average molecular weight is 294 g/mol. The first-order valence-corrected chi connectivity index (χ1v) is 7.02. The monoisotopic (exact) mass is 294 g/mol. The Morgan fingerprint density at radius 1 is 1.16 bits per heavy atom. The third kappa shape index (κ3) is 3.20. The molecule has 7 heteroatoms. The van der Waals surface area contributed by atoms with E-state index in [2.05, 4.69) is 6.58 Å². The Morgan fingerprint density at radius 3 is 1.84 bits per heavy atom. The zero-order chi connectivity index (χ0) is 15.1. The molecule has 0 aromatic heterocycles. The number of hydrogen-bond donors (Lipinski definition) is 0. The maximum absolute atomic E-state index is 13.0. The van der Waals surface area contributed by atoms with Crippen molar-refractivity contribution < 1.29 is 22.5 Å². The molecule has 108 valence electrons. The molecule has 2 nitrogen and oxygen atoms in total. The Morgan fingerprint density at radius 2 is 1.58 bits per heavy atom. The van der Waals surface area contributed by atoms with E-state index in [0.717, 1.165) is 6.08 Å². The van der Waals surface area contributed by atoms with Gasteiger partial charge in [-0.05, 0) is 34.0 Å². The topological polar surface area (TPSA) is 18.5 Å². The highest BCUT2D eigenvalue weighted by Gasteiger charge is 2.53. The molecule has 0 aromatic carbocycles. The average Bonchev–Trinajstić information content (AvgIpc) is 2.42. The van der Waals surface area contributed by atoms with Crippen LogP contribution in [0.25, 0.3) is 0 Å². The zero-order valence-electron chi connectivity index (χ0n) is 11.7. The van der Waals surface area contributed by atoms with Gasteiger partial charge < -0.3 is 9.31 Å². The standard InChI is InChI=1S/C12H18BF3O2S/c1-7-8(9(19-6)12(14,15)16)13-17-10(2,3)11(4,5)18-13/h7H,1H2,2-6H3/b9-8+. The molecule has 1 fully saturated rings. The molecular formula is C12H18BF3O2S. The fourth-order valence-corrected chi connectivity index (χ4v) is 2.31. The Labute approximate surface area is 116 Å². The van der Waals surface area contributed by atoms with Crippen LogP contribution < -0.4 is 0 Å². The minimum atomic E-state index is -4.44. The van der Waals surface area contributed by atoms with Crippen LogP contribution in [0.5, 0.6) is 0 Å². The van der Waals surface area contributed by atoms with Crippen LogP contribution in [0, 0.1) is 0 Å². The lowest BCUT2D eigenvalue weighted by Crippen LogP contribution is -2.41. The predicted octanol–water partition coefficient (Wildman–Crippen LogP) is 3.98. The number of allylic oxidation sites excluding steroid dienone is 3. The minimum Gasteiger partial charge on any atom is -0.399 e.